The van der Waals surface area contributed by atoms with Crippen molar-refractivity contribution in [3.05, 3.63) is 28.3 Å². The fraction of sp³-hybridized carbons (Fsp3) is 0.571. The Hall–Kier alpha value is -1.82. The average molecular weight is 280 g/mol. The molecule has 1 N–H and O–H groups in total. The topological polar surface area (TPSA) is 75.8 Å². The van der Waals surface area contributed by atoms with Crippen molar-refractivity contribution in [2.45, 2.75) is 32.2 Å². The zero-order valence-electron chi connectivity index (χ0n) is 11.6. The van der Waals surface area contributed by atoms with Gasteiger partial charge in [0.05, 0.1) is 18.1 Å². The van der Waals surface area contributed by atoms with Crippen LogP contribution in [0.5, 0.6) is 5.75 Å². The summed E-state index contributed by atoms with van der Waals surface area (Å²) in [7, 11) is 0. The van der Waals surface area contributed by atoms with Gasteiger partial charge >= 0.3 is 5.69 Å². The van der Waals surface area contributed by atoms with Gasteiger partial charge in [-0.25, -0.2) is 0 Å². The Labute approximate surface area is 118 Å². The minimum Gasteiger partial charge on any atom is -0.487 e. The zero-order chi connectivity index (χ0) is 14.5. The molecule has 6 heteroatoms. The largest absolute Gasteiger partial charge is 0.487 e. The number of rotatable bonds is 7. The van der Waals surface area contributed by atoms with Crippen molar-refractivity contribution in [3.63, 3.8) is 0 Å². The van der Waals surface area contributed by atoms with E-state index < -0.39 is 4.92 Å². The van der Waals surface area contributed by atoms with E-state index in [4.69, 9.17) is 4.74 Å². The van der Waals surface area contributed by atoms with Crippen molar-refractivity contribution in [1.82, 2.24) is 0 Å². The molecular formula is C14H20N2O4. The maximum Gasteiger partial charge on any atom is 0.333 e. The van der Waals surface area contributed by atoms with Crippen LogP contribution in [0.4, 0.5) is 11.4 Å². The summed E-state index contributed by atoms with van der Waals surface area (Å²) in [5, 5.41) is 20.6. The van der Waals surface area contributed by atoms with Crippen LogP contribution in [0, 0.1) is 10.1 Å². The Kier molecular flexibility index (Phi) is 4.79. The molecule has 0 amide bonds. The van der Waals surface area contributed by atoms with Crippen LogP contribution in [0.15, 0.2) is 18.2 Å². The summed E-state index contributed by atoms with van der Waals surface area (Å²) in [6.07, 6.45) is 3.15. The normalized spacial score (nSPS) is 14.7. The molecule has 0 aliphatic heterocycles. The maximum absolute atomic E-state index is 11.4. The van der Waals surface area contributed by atoms with Gasteiger partial charge in [-0.15, -0.1) is 0 Å². The highest BCUT2D eigenvalue weighted by atomic mass is 16.6. The summed E-state index contributed by atoms with van der Waals surface area (Å²) in [4.78, 5) is 12.9. The number of aliphatic hydroxyl groups excluding tert-OH is 1. The first kappa shape index (κ1) is 14.6. The third-order valence-electron chi connectivity index (χ3n) is 3.63. The van der Waals surface area contributed by atoms with Gasteiger partial charge in [-0.2, -0.15) is 0 Å². The van der Waals surface area contributed by atoms with Gasteiger partial charge in [0.15, 0.2) is 5.75 Å². The van der Waals surface area contributed by atoms with Gasteiger partial charge in [-0.05, 0) is 38.3 Å². The molecular weight excluding hydrogens is 260 g/mol. The number of anilines is 1. The number of benzene rings is 1. The molecule has 110 valence electrons. The van der Waals surface area contributed by atoms with Gasteiger partial charge in [0.1, 0.15) is 5.69 Å². The number of para-hydroxylation sites is 1. The van der Waals surface area contributed by atoms with Gasteiger partial charge in [-0.1, -0.05) is 6.07 Å². The molecule has 2 rings (SSSR count). The van der Waals surface area contributed by atoms with Gasteiger partial charge in [-0.3, -0.25) is 10.1 Å². The van der Waals surface area contributed by atoms with Crippen LogP contribution >= 0.6 is 0 Å². The number of ether oxygens (including phenoxy) is 1. The summed E-state index contributed by atoms with van der Waals surface area (Å²) in [6, 6.07) is 5.38. The monoisotopic (exact) mass is 280 g/mol. The van der Waals surface area contributed by atoms with Crippen molar-refractivity contribution in [2.24, 2.45) is 0 Å². The minimum atomic E-state index is -0.399. The van der Waals surface area contributed by atoms with Crippen LogP contribution in [0.2, 0.25) is 0 Å². The summed E-state index contributed by atoms with van der Waals surface area (Å²) < 4.78 is 5.37. The van der Waals surface area contributed by atoms with E-state index in [-0.39, 0.29) is 24.1 Å². The molecule has 1 aliphatic rings. The van der Waals surface area contributed by atoms with E-state index in [2.05, 4.69) is 0 Å². The van der Waals surface area contributed by atoms with Crippen LogP contribution < -0.4 is 9.64 Å². The number of aliphatic hydroxyl groups is 1. The number of nitro groups is 1. The third-order valence-corrected chi connectivity index (χ3v) is 3.63. The quantitative estimate of drug-likeness (QED) is 0.613. The molecule has 0 unspecified atom stereocenters. The highest BCUT2D eigenvalue weighted by Gasteiger charge is 2.31. The molecule has 1 fully saturated rings. The van der Waals surface area contributed by atoms with Gasteiger partial charge < -0.3 is 14.7 Å². The Morgan fingerprint density at radius 3 is 2.75 bits per heavy atom. The van der Waals surface area contributed by atoms with Crippen molar-refractivity contribution in [3.8, 4) is 5.75 Å². The number of hydrogen-bond donors (Lipinski definition) is 1. The van der Waals surface area contributed by atoms with E-state index >= 15 is 0 Å². The maximum atomic E-state index is 11.4. The predicted octanol–water partition coefficient (Wildman–Crippen LogP) is 2.34. The Balaban J connectivity index is 2.41. The first-order valence-electron chi connectivity index (χ1n) is 6.96. The predicted molar refractivity (Wildman–Crippen MR) is 76.3 cm³/mol. The van der Waals surface area contributed by atoms with Gasteiger partial charge in [0, 0.05) is 12.6 Å². The third kappa shape index (κ3) is 2.85. The first-order valence-corrected chi connectivity index (χ1v) is 6.96. The Morgan fingerprint density at radius 2 is 2.25 bits per heavy atom. The van der Waals surface area contributed by atoms with E-state index in [1.165, 1.54) is 0 Å². The van der Waals surface area contributed by atoms with E-state index in [0.29, 0.717) is 18.8 Å². The summed E-state index contributed by atoms with van der Waals surface area (Å²) in [6.45, 7) is 2.56. The van der Waals surface area contributed by atoms with Crippen LogP contribution in [0.25, 0.3) is 0 Å². The molecule has 1 saturated carbocycles. The van der Waals surface area contributed by atoms with E-state index in [9.17, 15) is 15.2 Å². The standard InChI is InChI=1S/C14H20N2O4/c1-2-20-13-8-4-7-12(14(13)16(18)19)15(9-10-17)11-5-3-6-11/h4,7-8,11,17H,2-3,5-6,9-10H2,1H3. The molecule has 1 aromatic carbocycles. The van der Waals surface area contributed by atoms with E-state index in [1.807, 2.05) is 4.90 Å². The summed E-state index contributed by atoms with van der Waals surface area (Å²) in [5.41, 5.74) is 0.536. The van der Waals surface area contributed by atoms with Crippen LogP contribution in [-0.2, 0) is 0 Å². The highest BCUT2D eigenvalue weighted by Crippen LogP contribution is 2.40. The molecule has 0 bridgehead atoms. The molecule has 0 radical (unpaired) electrons. The highest BCUT2D eigenvalue weighted by molar-refractivity contribution is 5.70. The molecule has 0 heterocycles. The molecule has 0 aromatic heterocycles. The fourth-order valence-electron chi connectivity index (χ4n) is 2.50. The lowest BCUT2D eigenvalue weighted by Gasteiger charge is -2.38. The SMILES string of the molecule is CCOc1cccc(N(CCO)C2CCC2)c1[N+](=O)[O-]. The number of hydrogen-bond acceptors (Lipinski definition) is 5. The second-order valence-electron chi connectivity index (χ2n) is 4.82. The van der Waals surface area contributed by atoms with Crippen LogP contribution in [0.3, 0.4) is 0 Å². The van der Waals surface area contributed by atoms with Crippen LogP contribution in [0.1, 0.15) is 26.2 Å². The van der Waals surface area contributed by atoms with Crippen molar-refractivity contribution >= 4 is 11.4 Å². The second kappa shape index (κ2) is 6.56. The van der Waals surface area contributed by atoms with Crippen molar-refractivity contribution < 1.29 is 14.8 Å². The van der Waals surface area contributed by atoms with Crippen molar-refractivity contribution in [2.75, 3.05) is 24.7 Å². The molecule has 20 heavy (non-hydrogen) atoms. The van der Waals surface area contributed by atoms with E-state index in [0.717, 1.165) is 19.3 Å². The average Bonchev–Trinajstić information content (AvgIpc) is 2.36. The number of nitrogens with zero attached hydrogens (tertiary/aromatic N) is 2. The summed E-state index contributed by atoms with van der Waals surface area (Å²) >= 11 is 0. The molecule has 1 aliphatic carbocycles. The molecule has 6 nitrogen and oxygen atoms in total. The lowest BCUT2D eigenvalue weighted by atomic mass is 9.91. The Bertz CT molecular complexity index is 474. The van der Waals surface area contributed by atoms with E-state index in [1.54, 1.807) is 25.1 Å². The lowest BCUT2D eigenvalue weighted by Crippen LogP contribution is -2.42. The fourth-order valence-corrected chi connectivity index (χ4v) is 2.50. The lowest BCUT2D eigenvalue weighted by molar-refractivity contribution is -0.385. The molecule has 0 spiro atoms. The first-order chi connectivity index (χ1) is 9.69. The van der Waals surface area contributed by atoms with Gasteiger partial charge in [0.2, 0.25) is 0 Å². The van der Waals surface area contributed by atoms with Crippen molar-refractivity contribution in [1.29, 1.82) is 0 Å². The Morgan fingerprint density at radius 1 is 1.50 bits per heavy atom. The minimum absolute atomic E-state index is 0.00491. The van der Waals surface area contributed by atoms with Crippen LogP contribution in [-0.4, -0.2) is 35.8 Å². The number of nitro benzene ring substituents is 1. The molecule has 1 aromatic rings. The zero-order valence-corrected chi connectivity index (χ0v) is 11.6. The van der Waals surface area contributed by atoms with Gasteiger partial charge in [0.25, 0.3) is 0 Å². The molecule has 0 atom stereocenters. The smallest absolute Gasteiger partial charge is 0.333 e. The molecule has 0 saturated heterocycles. The second-order valence-corrected chi connectivity index (χ2v) is 4.82. The summed E-state index contributed by atoms with van der Waals surface area (Å²) in [5.74, 6) is 0.289.